The van der Waals surface area contributed by atoms with Crippen LogP contribution in [0.25, 0.3) is 0 Å². The zero-order valence-electron chi connectivity index (χ0n) is 15.9. The van der Waals surface area contributed by atoms with Crippen LogP contribution in [-0.4, -0.2) is 47.9 Å². The number of carbonyl (C=O) groups is 1. The lowest BCUT2D eigenvalue weighted by molar-refractivity contribution is 0.0769. The van der Waals surface area contributed by atoms with Crippen molar-refractivity contribution in [3.8, 4) is 0 Å². The summed E-state index contributed by atoms with van der Waals surface area (Å²) < 4.78 is 14.2. The SMILES string of the molecule is O=C(c1ccc(Br)c(F)c1)N1CCC(N2CCC(c3cccc(Cl)c3Cl)CC2)C1. The van der Waals surface area contributed by atoms with E-state index < -0.39 is 5.82 Å². The van der Waals surface area contributed by atoms with Gasteiger partial charge < -0.3 is 4.90 Å². The molecule has 2 aromatic rings. The number of halogens is 4. The predicted molar refractivity (Wildman–Crippen MR) is 118 cm³/mol. The molecule has 2 aromatic carbocycles. The summed E-state index contributed by atoms with van der Waals surface area (Å²) in [7, 11) is 0. The highest BCUT2D eigenvalue weighted by molar-refractivity contribution is 9.10. The van der Waals surface area contributed by atoms with Crippen LogP contribution in [0.2, 0.25) is 10.0 Å². The van der Waals surface area contributed by atoms with Crippen LogP contribution in [0.1, 0.15) is 41.1 Å². The summed E-state index contributed by atoms with van der Waals surface area (Å²) in [6, 6.07) is 10.8. The second-order valence-electron chi connectivity index (χ2n) is 7.78. The molecule has 0 bridgehead atoms. The second-order valence-corrected chi connectivity index (χ2v) is 9.42. The van der Waals surface area contributed by atoms with Crippen LogP contribution in [0.5, 0.6) is 0 Å². The van der Waals surface area contributed by atoms with Crippen LogP contribution in [0, 0.1) is 5.82 Å². The van der Waals surface area contributed by atoms with E-state index in [2.05, 4.69) is 26.9 Å². The first-order valence-corrected chi connectivity index (χ1v) is 11.4. The van der Waals surface area contributed by atoms with Gasteiger partial charge in [0.1, 0.15) is 5.82 Å². The molecule has 1 amide bonds. The number of nitrogens with zero attached hydrogens (tertiary/aromatic N) is 2. The fraction of sp³-hybridized carbons (Fsp3) is 0.409. The highest BCUT2D eigenvalue weighted by Crippen LogP contribution is 2.37. The van der Waals surface area contributed by atoms with Crippen molar-refractivity contribution in [3.05, 3.63) is 67.9 Å². The zero-order chi connectivity index (χ0) is 20.5. The average molecular weight is 500 g/mol. The molecule has 2 aliphatic rings. The fourth-order valence-corrected chi connectivity index (χ4v) is 5.16. The van der Waals surface area contributed by atoms with Crippen LogP contribution in [0.3, 0.4) is 0 Å². The Labute approximate surface area is 188 Å². The summed E-state index contributed by atoms with van der Waals surface area (Å²) >= 11 is 15.7. The monoisotopic (exact) mass is 498 g/mol. The molecule has 0 aromatic heterocycles. The summed E-state index contributed by atoms with van der Waals surface area (Å²) in [5.74, 6) is -0.0878. The molecule has 1 unspecified atom stereocenters. The van der Waals surface area contributed by atoms with Gasteiger partial charge in [-0.3, -0.25) is 9.69 Å². The Bertz CT molecular complexity index is 918. The molecule has 154 valence electrons. The van der Waals surface area contributed by atoms with Gasteiger partial charge in [0.2, 0.25) is 0 Å². The molecule has 2 heterocycles. The Morgan fingerprint density at radius 3 is 2.55 bits per heavy atom. The number of hydrogen-bond donors (Lipinski definition) is 0. The Balaban J connectivity index is 1.35. The largest absolute Gasteiger partial charge is 0.337 e. The maximum Gasteiger partial charge on any atom is 0.254 e. The molecule has 2 fully saturated rings. The van der Waals surface area contributed by atoms with E-state index in [-0.39, 0.29) is 5.91 Å². The fourth-order valence-electron chi connectivity index (χ4n) is 4.45. The molecule has 2 aliphatic heterocycles. The van der Waals surface area contributed by atoms with Gasteiger partial charge in [-0.15, -0.1) is 0 Å². The number of amides is 1. The summed E-state index contributed by atoms with van der Waals surface area (Å²) in [5, 5.41) is 1.29. The van der Waals surface area contributed by atoms with Crippen LogP contribution < -0.4 is 0 Å². The Morgan fingerprint density at radius 2 is 1.83 bits per heavy atom. The van der Waals surface area contributed by atoms with Crippen LogP contribution in [0.15, 0.2) is 40.9 Å². The lowest BCUT2D eigenvalue weighted by Gasteiger charge is -2.36. The number of hydrogen-bond acceptors (Lipinski definition) is 2. The first-order valence-electron chi connectivity index (χ1n) is 9.86. The van der Waals surface area contributed by atoms with E-state index in [1.807, 2.05) is 17.0 Å². The first kappa shape index (κ1) is 21.1. The van der Waals surface area contributed by atoms with Crippen molar-refractivity contribution in [2.45, 2.75) is 31.2 Å². The normalized spacial score (nSPS) is 21.0. The third-order valence-corrected chi connectivity index (χ3v) is 7.56. The maximum absolute atomic E-state index is 13.8. The van der Waals surface area contributed by atoms with E-state index in [9.17, 15) is 9.18 Å². The molecule has 7 heteroatoms. The van der Waals surface area contributed by atoms with Crippen molar-refractivity contribution in [2.24, 2.45) is 0 Å². The summed E-state index contributed by atoms with van der Waals surface area (Å²) in [6.07, 6.45) is 3.01. The van der Waals surface area contributed by atoms with Gasteiger partial charge in [-0.1, -0.05) is 35.3 Å². The zero-order valence-corrected chi connectivity index (χ0v) is 19.0. The lowest BCUT2D eigenvalue weighted by Crippen LogP contribution is -2.43. The number of likely N-dealkylation sites (tertiary alicyclic amines) is 2. The van der Waals surface area contributed by atoms with Gasteiger partial charge in [0.25, 0.3) is 5.91 Å². The van der Waals surface area contributed by atoms with Gasteiger partial charge in [0.15, 0.2) is 0 Å². The van der Waals surface area contributed by atoms with Crippen molar-refractivity contribution in [1.29, 1.82) is 0 Å². The van der Waals surface area contributed by atoms with Gasteiger partial charge in [-0.25, -0.2) is 4.39 Å². The molecular formula is C22H22BrCl2FN2O. The van der Waals surface area contributed by atoms with Gasteiger partial charge in [0, 0.05) is 24.7 Å². The molecule has 4 rings (SSSR count). The van der Waals surface area contributed by atoms with E-state index in [0.717, 1.165) is 37.9 Å². The Hall–Kier alpha value is -1.14. The minimum Gasteiger partial charge on any atom is -0.337 e. The van der Waals surface area contributed by atoms with E-state index >= 15 is 0 Å². The number of piperidine rings is 1. The Kier molecular flexibility index (Phi) is 6.50. The van der Waals surface area contributed by atoms with Crippen molar-refractivity contribution in [1.82, 2.24) is 9.80 Å². The van der Waals surface area contributed by atoms with Gasteiger partial charge in [-0.2, -0.15) is 0 Å². The van der Waals surface area contributed by atoms with Crippen LogP contribution in [-0.2, 0) is 0 Å². The molecule has 0 radical (unpaired) electrons. The number of rotatable bonds is 3. The standard InChI is InChI=1S/C22H22BrCl2FN2O/c23-18-5-4-15(12-20(18)26)22(29)28-11-8-16(13-28)27-9-6-14(7-10-27)17-2-1-3-19(24)21(17)25/h1-5,12,14,16H,6-11,13H2. The minimum atomic E-state index is -0.409. The van der Waals surface area contributed by atoms with E-state index in [1.165, 1.54) is 6.07 Å². The molecule has 29 heavy (non-hydrogen) atoms. The molecule has 3 nitrogen and oxygen atoms in total. The predicted octanol–water partition coefficient (Wildman–Crippen LogP) is 5.99. The summed E-state index contributed by atoms with van der Waals surface area (Å²) in [5.41, 5.74) is 1.54. The summed E-state index contributed by atoms with van der Waals surface area (Å²) in [4.78, 5) is 17.1. The van der Waals surface area contributed by atoms with Gasteiger partial charge in [-0.05, 0) is 84.0 Å². The molecular weight excluding hydrogens is 478 g/mol. The quantitative estimate of drug-likeness (QED) is 0.517. The lowest BCUT2D eigenvalue weighted by atomic mass is 9.88. The highest BCUT2D eigenvalue weighted by Gasteiger charge is 2.33. The third-order valence-electron chi connectivity index (χ3n) is 6.08. The van der Waals surface area contributed by atoms with E-state index in [0.29, 0.717) is 45.1 Å². The first-order chi connectivity index (χ1) is 13.9. The highest BCUT2D eigenvalue weighted by atomic mass is 79.9. The topological polar surface area (TPSA) is 23.6 Å². The van der Waals surface area contributed by atoms with Crippen molar-refractivity contribution in [3.63, 3.8) is 0 Å². The molecule has 0 saturated carbocycles. The van der Waals surface area contributed by atoms with Crippen molar-refractivity contribution >= 4 is 45.0 Å². The molecule has 2 saturated heterocycles. The van der Waals surface area contributed by atoms with Gasteiger partial charge in [0.05, 0.1) is 14.5 Å². The van der Waals surface area contributed by atoms with E-state index in [1.54, 1.807) is 12.1 Å². The molecule has 0 N–H and O–H groups in total. The Morgan fingerprint density at radius 1 is 1.07 bits per heavy atom. The van der Waals surface area contributed by atoms with Crippen molar-refractivity contribution < 1.29 is 9.18 Å². The van der Waals surface area contributed by atoms with Gasteiger partial charge >= 0.3 is 0 Å². The van der Waals surface area contributed by atoms with Crippen LogP contribution in [0.4, 0.5) is 4.39 Å². The third kappa shape index (κ3) is 4.48. The molecule has 0 aliphatic carbocycles. The van der Waals surface area contributed by atoms with Crippen molar-refractivity contribution in [2.75, 3.05) is 26.2 Å². The number of benzene rings is 2. The molecule has 1 atom stereocenters. The second kappa shape index (κ2) is 8.93. The molecule has 0 spiro atoms. The average Bonchev–Trinajstić information content (AvgIpc) is 3.22. The maximum atomic E-state index is 13.8. The summed E-state index contributed by atoms with van der Waals surface area (Å²) in [6.45, 7) is 3.36. The van der Waals surface area contributed by atoms with Crippen LogP contribution >= 0.6 is 39.1 Å². The van der Waals surface area contributed by atoms with E-state index in [4.69, 9.17) is 23.2 Å². The number of carbonyl (C=O) groups excluding carboxylic acids is 1. The minimum absolute atomic E-state index is 0.0977. The smallest absolute Gasteiger partial charge is 0.254 e.